The van der Waals surface area contributed by atoms with Crippen molar-refractivity contribution in [1.82, 2.24) is 9.38 Å². The van der Waals surface area contributed by atoms with Crippen molar-refractivity contribution in [2.45, 2.75) is 0 Å². The van der Waals surface area contributed by atoms with Crippen LogP contribution in [0.4, 0.5) is 5.69 Å². The molecule has 0 amide bonds. The van der Waals surface area contributed by atoms with Crippen LogP contribution in [0.1, 0.15) is 0 Å². The Bertz CT molecular complexity index is 317. The van der Waals surface area contributed by atoms with Crippen molar-refractivity contribution in [2.75, 3.05) is 5.73 Å². The maximum Gasteiger partial charge on any atom is 0.138 e. The molecule has 3 nitrogen and oxygen atoms in total. The van der Waals surface area contributed by atoms with Gasteiger partial charge in [0.25, 0.3) is 0 Å². The summed E-state index contributed by atoms with van der Waals surface area (Å²) >= 11 is 0. The van der Waals surface area contributed by atoms with E-state index >= 15 is 0 Å². The Labute approximate surface area is 58.1 Å². The average molecular weight is 133 g/mol. The van der Waals surface area contributed by atoms with E-state index in [1.165, 1.54) is 0 Å². The maximum atomic E-state index is 5.53. The SMILES string of the molecule is Nc1cc2ncccn2c1. The molecule has 0 saturated carbocycles. The molecule has 2 heterocycles. The van der Waals surface area contributed by atoms with Gasteiger partial charge in [0.2, 0.25) is 0 Å². The lowest BCUT2D eigenvalue weighted by Crippen LogP contribution is -1.81. The van der Waals surface area contributed by atoms with E-state index in [-0.39, 0.29) is 0 Å². The summed E-state index contributed by atoms with van der Waals surface area (Å²) in [6.07, 6.45) is 5.50. The van der Waals surface area contributed by atoms with Gasteiger partial charge in [-0.15, -0.1) is 0 Å². The van der Waals surface area contributed by atoms with Crippen molar-refractivity contribution < 1.29 is 0 Å². The van der Waals surface area contributed by atoms with Gasteiger partial charge >= 0.3 is 0 Å². The summed E-state index contributed by atoms with van der Waals surface area (Å²) in [5.74, 6) is 0. The van der Waals surface area contributed by atoms with Crippen LogP contribution in [0.2, 0.25) is 0 Å². The van der Waals surface area contributed by atoms with Crippen LogP contribution in [0.3, 0.4) is 0 Å². The van der Waals surface area contributed by atoms with Gasteiger partial charge in [-0.05, 0) is 6.07 Å². The van der Waals surface area contributed by atoms with E-state index in [0.717, 1.165) is 11.3 Å². The summed E-state index contributed by atoms with van der Waals surface area (Å²) in [7, 11) is 0. The highest BCUT2D eigenvalue weighted by molar-refractivity contribution is 5.52. The van der Waals surface area contributed by atoms with Crippen molar-refractivity contribution in [3.63, 3.8) is 0 Å². The van der Waals surface area contributed by atoms with Crippen LogP contribution < -0.4 is 5.73 Å². The molecule has 2 N–H and O–H groups in total. The van der Waals surface area contributed by atoms with Gasteiger partial charge in [-0.25, -0.2) is 4.98 Å². The number of nitrogen functional groups attached to an aromatic ring is 1. The molecule has 2 aromatic heterocycles. The molecule has 0 aliphatic heterocycles. The Hall–Kier alpha value is -1.51. The zero-order valence-corrected chi connectivity index (χ0v) is 5.36. The molecule has 50 valence electrons. The molecular formula is C7H7N3. The second kappa shape index (κ2) is 1.73. The summed E-state index contributed by atoms with van der Waals surface area (Å²) in [5, 5.41) is 0. The second-order valence-electron chi connectivity index (χ2n) is 2.16. The molecule has 0 aliphatic rings. The van der Waals surface area contributed by atoms with Gasteiger partial charge in [0.1, 0.15) is 5.65 Å². The zero-order valence-electron chi connectivity index (χ0n) is 5.36. The highest BCUT2D eigenvalue weighted by atomic mass is 15.0. The van der Waals surface area contributed by atoms with Crippen molar-refractivity contribution in [1.29, 1.82) is 0 Å². The predicted octanol–water partition coefficient (Wildman–Crippen LogP) is 0.916. The van der Waals surface area contributed by atoms with Crippen molar-refractivity contribution >= 4 is 11.3 Å². The maximum absolute atomic E-state index is 5.53. The summed E-state index contributed by atoms with van der Waals surface area (Å²) < 4.78 is 1.88. The Morgan fingerprint density at radius 1 is 1.50 bits per heavy atom. The normalized spacial score (nSPS) is 10.4. The Morgan fingerprint density at radius 3 is 3.20 bits per heavy atom. The number of aromatic nitrogens is 2. The van der Waals surface area contributed by atoms with Crippen LogP contribution in [-0.2, 0) is 0 Å². The van der Waals surface area contributed by atoms with Crippen LogP contribution in [0.25, 0.3) is 5.65 Å². The number of anilines is 1. The Balaban J connectivity index is 2.88. The molecule has 0 aliphatic carbocycles. The Morgan fingerprint density at radius 2 is 2.40 bits per heavy atom. The molecule has 2 aromatic rings. The smallest absolute Gasteiger partial charge is 0.138 e. The first-order chi connectivity index (χ1) is 4.86. The molecule has 0 bridgehead atoms. The van der Waals surface area contributed by atoms with Crippen LogP contribution >= 0.6 is 0 Å². The summed E-state index contributed by atoms with van der Waals surface area (Å²) in [5.41, 5.74) is 7.17. The number of nitrogens with two attached hydrogens (primary N) is 1. The topological polar surface area (TPSA) is 43.3 Å². The fourth-order valence-electron chi connectivity index (χ4n) is 0.962. The van der Waals surface area contributed by atoms with Gasteiger partial charge in [-0.1, -0.05) is 0 Å². The van der Waals surface area contributed by atoms with E-state index in [9.17, 15) is 0 Å². The van der Waals surface area contributed by atoms with Crippen molar-refractivity contribution in [3.8, 4) is 0 Å². The minimum Gasteiger partial charge on any atom is -0.397 e. The van der Waals surface area contributed by atoms with E-state index in [4.69, 9.17) is 5.73 Å². The molecule has 0 radical (unpaired) electrons. The molecule has 0 spiro atoms. The number of hydrogen-bond acceptors (Lipinski definition) is 2. The monoisotopic (exact) mass is 133 g/mol. The highest BCUT2D eigenvalue weighted by Crippen LogP contribution is 2.06. The molecule has 0 aromatic carbocycles. The first kappa shape index (κ1) is 5.29. The lowest BCUT2D eigenvalue weighted by atomic mass is 10.5. The molecule has 3 heteroatoms. The van der Waals surface area contributed by atoms with E-state index in [2.05, 4.69) is 4.98 Å². The summed E-state index contributed by atoms with van der Waals surface area (Å²) in [6.45, 7) is 0. The van der Waals surface area contributed by atoms with Gasteiger partial charge < -0.3 is 10.1 Å². The third-order valence-corrected chi connectivity index (χ3v) is 1.39. The standard InChI is InChI=1S/C7H7N3/c8-6-4-7-9-2-1-3-10(7)5-6/h1-5H,8H2. The van der Waals surface area contributed by atoms with Crippen LogP contribution in [0, 0.1) is 0 Å². The zero-order chi connectivity index (χ0) is 6.97. The average Bonchev–Trinajstić information content (AvgIpc) is 2.27. The van der Waals surface area contributed by atoms with E-state index in [0.29, 0.717) is 0 Å². The van der Waals surface area contributed by atoms with Gasteiger partial charge in [-0.2, -0.15) is 0 Å². The molecule has 0 saturated heterocycles. The van der Waals surface area contributed by atoms with Crippen LogP contribution in [0.5, 0.6) is 0 Å². The molecule has 0 atom stereocenters. The highest BCUT2D eigenvalue weighted by Gasteiger charge is 1.92. The number of hydrogen-bond donors (Lipinski definition) is 1. The van der Waals surface area contributed by atoms with Gasteiger partial charge in [0.05, 0.1) is 5.69 Å². The predicted molar refractivity (Wildman–Crippen MR) is 39.6 cm³/mol. The number of fused-ring (bicyclic) bond motifs is 1. The minimum absolute atomic E-state index is 0.749. The quantitative estimate of drug-likeness (QED) is 0.580. The lowest BCUT2D eigenvalue weighted by molar-refractivity contribution is 1.13. The summed E-state index contributed by atoms with van der Waals surface area (Å²) in [4.78, 5) is 4.08. The molecule has 0 fully saturated rings. The van der Waals surface area contributed by atoms with Crippen LogP contribution in [0.15, 0.2) is 30.7 Å². The molecule has 0 unspecified atom stereocenters. The van der Waals surface area contributed by atoms with Gasteiger partial charge in [0, 0.05) is 24.7 Å². The third-order valence-electron chi connectivity index (χ3n) is 1.39. The number of nitrogens with zero attached hydrogens (tertiary/aromatic N) is 2. The summed E-state index contributed by atoms with van der Waals surface area (Å²) in [6, 6.07) is 3.70. The van der Waals surface area contributed by atoms with E-state index < -0.39 is 0 Å². The first-order valence-corrected chi connectivity index (χ1v) is 3.04. The van der Waals surface area contributed by atoms with E-state index in [1.807, 2.05) is 28.9 Å². The Kier molecular flexibility index (Phi) is 0.917. The minimum atomic E-state index is 0.749. The second-order valence-corrected chi connectivity index (χ2v) is 2.16. The number of rotatable bonds is 0. The molecule has 2 rings (SSSR count). The lowest BCUT2D eigenvalue weighted by Gasteiger charge is -1.87. The van der Waals surface area contributed by atoms with Crippen molar-refractivity contribution in [2.24, 2.45) is 0 Å². The third kappa shape index (κ3) is 0.639. The van der Waals surface area contributed by atoms with Crippen molar-refractivity contribution in [3.05, 3.63) is 30.7 Å². The van der Waals surface area contributed by atoms with Gasteiger partial charge in [0.15, 0.2) is 0 Å². The van der Waals surface area contributed by atoms with E-state index in [1.54, 1.807) is 6.20 Å². The fourth-order valence-corrected chi connectivity index (χ4v) is 0.962. The first-order valence-electron chi connectivity index (χ1n) is 3.04. The molecule has 10 heavy (non-hydrogen) atoms. The fraction of sp³-hybridized carbons (Fsp3) is 0. The van der Waals surface area contributed by atoms with Crippen LogP contribution in [-0.4, -0.2) is 9.38 Å². The molecular weight excluding hydrogens is 126 g/mol. The largest absolute Gasteiger partial charge is 0.397 e. The van der Waals surface area contributed by atoms with Gasteiger partial charge in [-0.3, -0.25) is 0 Å².